The van der Waals surface area contributed by atoms with Gasteiger partial charge in [0, 0.05) is 31.7 Å². The zero-order valence-electron chi connectivity index (χ0n) is 11.7. The summed E-state index contributed by atoms with van der Waals surface area (Å²) >= 11 is 4.70. The van der Waals surface area contributed by atoms with Crippen molar-refractivity contribution in [2.45, 2.75) is 6.42 Å². The molecule has 0 bridgehead atoms. The Hall–Kier alpha value is -1.31. The third-order valence-corrected chi connectivity index (χ3v) is 3.89. The summed E-state index contributed by atoms with van der Waals surface area (Å²) < 4.78 is 28.2. The van der Waals surface area contributed by atoms with Crippen molar-refractivity contribution in [3.05, 3.63) is 29.3 Å². The maximum Gasteiger partial charge on any atom is 0.182 e. The van der Waals surface area contributed by atoms with Gasteiger partial charge in [0.2, 0.25) is 0 Å². The van der Waals surface area contributed by atoms with Crippen LogP contribution < -0.4 is 10.6 Å². The van der Waals surface area contributed by atoms with E-state index < -0.39 is 11.6 Å². The van der Waals surface area contributed by atoms with Crippen LogP contribution in [0, 0.1) is 11.6 Å². The van der Waals surface area contributed by atoms with Crippen LogP contribution in [0.1, 0.15) is 12.0 Å². The zero-order chi connectivity index (χ0) is 15.4. The summed E-state index contributed by atoms with van der Waals surface area (Å²) in [4.78, 5) is 3.78. The van der Waals surface area contributed by atoms with E-state index in [1.165, 1.54) is 12.1 Å². The summed E-state index contributed by atoms with van der Waals surface area (Å²) in [5, 5.41) is 8.97. The second-order valence-corrected chi connectivity index (χ2v) is 5.47. The summed E-state index contributed by atoms with van der Waals surface area (Å²) in [6.45, 7) is 3.48. The van der Waals surface area contributed by atoms with Gasteiger partial charge in [-0.3, -0.25) is 4.90 Å². The summed E-state index contributed by atoms with van der Waals surface area (Å²) in [5.74, 6) is -1.90. The molecule has 0 saturated carbocycles. The molecule has 1 aliphatic rings. The summed E-state index contributed by atoms with van der Waals surface area (Å²) in [5.41, 5.74) is 5.54. The number of aliphatic hydroxyl groups excluding tert-OH is 1. The summed E-state index contributed by atoms with van der Waals surface area (Å²) in [7, 11) is 0. The number of aliphatic hydroxyl groups is 1. The van der Waals surface area contributed by atoms with Gasteiger partial charge in [-0.2, -0.15) is 0 Å². The van der Waals surface area contributed by atoms with Crippen LogP contribution in [0.15, 0.2) is 12.1 Å². The molecular formula is C14H19F2N3OS. The second kappa shape index (κ2) is 7.11. The highest BCUT2D eigenvalue weighted by molar-refractivity contribution is 7.80. The molecule has 3 N–H and O–H groups in total. The van der Waals surface area contributed by atoms with E-state index in [0.29, 0.717) is 26.2 Å². The van der Waals surface area contributed by atoms with E-state index in [1.54, 1.807) is 0 Å². The first kappa shape index (κ1) is 16.1. The Morgan fingerprint density at radius 1 is 1.19 bits per heavy atom. The van der Waals surface area contributed by atoms with Crippen LogP contribution in [0.4, 0.5) is 14.5 Å². The lowest BCUT2D eigenvalue weighted by molar-refractivity contribution is 0.204. The first-order chi connectivity index (χ1) is 10.0. The summed E-state index contributed by atoms with van der Waals surface area (Å²) in [6, 6.07) is 2.95. The molecular weight excluding hydrogens is 296 g/mol. The Labute approximate surface area is 128 Å². The molecule has 0 aliphatic carbocycles. The molecule has 1 aliphatic heterocycles. The molecule has 1 fully saturated rings. The number of anilines is 1. The molecule has 0 spiro atoms. The normalized spacial score (nSPS) is 16.8. The monoisotopic (exact) mass is 315 g/mol. The molecule has 21 heavy (non-hydrogen) atoms. The highest BCUT2D eigenvalue weighted by atomic mass is 32.1. The zero-order valence-corrected chi connectivity index (χ0v) is 12.5. The van der Waals surface area contributed by atoms with Gasteiger partial charge in [-0.25, -0.2) is 8.78 Å². The Bertz CT molecular complexity index is 527. The average Bonchev–Trinajstić information content (AvgIpc) is 2.67. The number of thiocarbonyl (C=S) groups is 1. The van der Waals surface area contributed by atoms with Crippen molar-refractivity contribution in [2.24, 2.45) is 5.73 Å². The standard InChI is InChI=1S/C14H19F2N3OS/c15-12-10(14(17)21)2-3-11(13(12)16)19-5-1-4-18(6-7-19)8-9-20/h2-3,20H,1,4-9H2,(H2,17,21). The Morgan fingerprint density at radius 2 is 1.95 bits per heavy atom. The molecule has 0 radical (unpaired) electrons. The predicted octanol–water partition coefficient (Wildman–Crippen LogP) is 1.10. The lowest BCUT2D eigenvalue weighted by Crippen LogP contribution is -2.33. The van der Waals surface area contributed by atoms with Gasteiger partial charge < -0.3 is 15.7 Å². The minimum atomic E-state index is -0.989. The molecule has 1 saturated heterocycles. The van der Waals surface area contributed by atoms with Gasteiger partial charge >= 0.3 is 0 Å². The predicted molar refractivity (Wildman–Crippen MR) is 82.6 cm³/mol. The minimum absolute atomic E-state index is 0.0667. The van der Waals surface area contributed by atoms with E-state index in [1.807, 2.05) is 4.90 Å². The van der Waals surface area contributed by atoms with Crippen LogP contribution in [-0.4, -0.2) is 54.3 Å². The number of rotatable bonds is 4. The van der Waals surface area contributed by atoms with Crippen molar-refractivity contribution in [1.82, 2.24) is 4.90 Å². The second-order valence-electron chi connectivity index (χ2n) is 5.03. The quantitative estimate of drug-likeness (QED) is 0.815. The van der Waals surface area contributed by atoms with Gasteiger partial charge in [-0.05, 0) is 25.1 Å². The lowest BCUT2D eigenvalue weighted by Gasteiger charge is -2.24. The van der Waals surface area contributed by atoms with Gasteiger partial charge in [0.25, 0.3) is 0 Å². The van der Waals surface area contributed by atoms with Crippen LogP contribution in [0.25, 0.3) is 0 Å². The van der Waals surface area contributed by atoms with E-state index in [4.69, 9.17) is 23.1 Å². The third kappa shape index (κ3) is 3.66. The van der Waals surface area contributed by atoms with Crippen molar-refractivity contribution in [1.29, 1.82) is 0 Å². The van der Waals surface area contributed by atoms with Crippen molar-refractivity contribution in [2.75, 3.05) is 44.2 Å². The third-order valence-electron chi connectivity index (χ3n) is 3.67. The van der Waals surface area contributed by atoms with Crippen molar-refractivity contribution >= 4 is 22.9 Å². The molecule has 0 unspecified atom stereocenters. The number of β-amino-alcohol motifs (C(OH)–C–C–N with tert-alkyl or cyclic N) is 1. The van der Waals surface area contributed by atoms with E-state index in [0.717, 1.165) is 13.0 Å². The van der Waals surface area contributed by atoms with Crippen LogP contribution in [0.3, 0.4) is 0 Å². The molecule has 0 aromatic heterocycles. The topological polar surface area (TPSA) is 52.7 Å². The number of nitrogens with zero attached hydrogens (tertiary/aromatic N) is 2. The van der Waals surface area contributed by atoms with Gasteiger partial charge in [-0.15, -0.1) is 0 Å². The molecule has 7 heteroatoms. The molecule has 1 aromatic carbocycles. The highest BCUT2D eigenvalue weighted by Crippen LogP contribution is 2.25. The van der Waals surface area contributed by atoms with Gasteiger partial charge in [0.05, 0.1) is 12.3 Å². The van der Waals surface area contributed by atoms with Crippen LogP contribution >= 0.6 is 12.2 Å². The average molecular weight is 315 g/mol. The number of nitrogens with two attached hydrogens (primary N) is 1. The van der Waals surface area contributed by atoms with Crippen LogP contribution in [0.2, 0.25) is 0 Å². The first-order valence-corrected chi connectivity index (χ1v) is 7.31. The maximum atomic E-state index is 14.2. The summed E-state index contributed by atoms with van der Waals surface area (Å²) in [6.07, 6.45) is 0.831. The van der Waals surface area contributed by atoms with Gasteiger partial charge in [-0.1, -0.05) is 12.2 Å². The van der Waals surface area contributed by atoms with Crippen molar-refractivity contribution in [3.63, 3.8) is 0 Å². The van der Waals surface area contributed by atoms with E-state index in [2.05, 4.69) is 4.90 Å². The van der Waals surface area contributed by atoms with E-state index in [-0.39, 0.29) is 22.8 Å². The Balaban J connectivity index is 2.18. The largest absolute Gasteiger partial charge is 0.395 e. The Kier molecular flexibility index (Phi) is 5.44. The van der Waals surface area contributed by atoms with Crippen molar-refractivity contribution in [3.8, 4) is 0 Å². The fraction of sp³-hybridized carbons (Fsp3) is 0.500. The van der Waals surface area contributed by atoms with Gasteiger partial charge in [0.15, 0.2) is 11.6 Å². The number of benzene rings is 1. The minimum Gasteiger partial charge on any atom is -0.395 e. The van der Waals surface area contributed by atoms with E-state index >= 15 is 0 Å². The lowest BCUT2D eigenvalue weighted by atomic mass is 10.1. The van der Waals surface area contributed by atoms with E-state index in [9.17, 15) is 8.78 Å². The Morgan fingerprint density at radius 3 is 2.62 bits per heavy atom. The maximum absolute atomic E-state index is 14.2. The van der Waals surface area contributed by atoms with Crippen molar-refractivity contribution < 1.29 is 13.9 Å². The molecule has 116 valence electrons. The smallest absolute Gasteiger partial charge is 0.182 e. The molecule has 1 aromatic rings. The number of hydrogen-bond acceptors (Lipinski definition) is 4. The molecule has 0 amide bonds. The SMILES string of the molecule is NC(=S)c1ccc(N2CCCN(CCO)CC2)c(F)c1F. The van der Waals surface area contributed by atoms with Crippen LogP contribution in [-0.2, 0) is 0 Å². The fourth-order valence-corrected chi connectivity index (χ4v) is 2.71. The molecule has 0 atom stereocenters. The van der Waals surface area contributed by atoms with Crippen LogP contribution in [0.5, 0.6) is 0 Å². The number of hydrogen-bond donors (Lipinski definition) is 2. The molecule has 1 heterocycles. The first-order valence-electron chi connectivity index (χ1n) is 6.90. The molecule has 4 nitrogen and oxygen atoms in total. The fourth-order valence-electron chi connectivity index (χ4n) is 2.55. The molecule has 2 rings (SSSR count). The highest BCUT2D eigenvalue weighted by Gasteiger charge is 2.21. The number of halogens is 2. The van der Waals surface area contributed by atoms with Gasteiger partial charge in [0.1, 0.15) is 4.99 Å².